The van der Waals surface area contributed by atoms with Crippen LogP contribution in [0.15, 0.2) is 31.0 Å². The molecule has 6 nitrogen and oxygen atoms in total. The highest BCUT2D eigenvalue weighted by molar-refractivity contribution is 6.77. The summed E-state index contributed by atoms with van der Waals surface area (Å²) in [7, 11) is 1.22. The van der Waals surface area contributed by atoms with Gasteiger partial charge in [-0.25, -0.2) is 14.8 Å². The second-order valence-corrected chi connectivity index (χ2v) is 6.18. The van der Waals surface area contributed by atoms with E-state index >= 15 is 0 Å². The summed E-state index contributed by atoms with van der Waals surface area (Å²) in [5, 5.41) is 0. The average Bonchev–Trinajstić information content (AvgIpc) is 2.90. The van der Waals surface area contributed by atoms with Crippen molar-refractivity contribution in [3.63, 3.8) is 0 Å². The van der Waals surface area contributed by atoms with Gasteiger partial charge in [0.15, 0.2) is 0 Å². The van der Waals surface area contributed by atoms with E-state index in [4.69, 9.17) is 34.8 Å². The topological polar surface area (TPSA) is 74.1 Å². The summed E-state index contributed by atoms with van der Waals surface area (Å²) in [6, 6.07) is 1.28. The fourth-order valence-corrected chi connectivity index (χ4v) is 1.97. The summed E-state index contributed by atoms with van der Waals surface area (Å²) in [6.45, 7) is 0. The van der Waals surface area contributed by atoms with E-state index in [0.717, 1.165) is 0 Å². The Kier molecular flexibility index (Phi) is 4.51. The van der Waals surface area contributed by atoms with Crippen molar-refractivity contribution in [3.8, 4) is 5.69 Å². The lowest BCUT2D eigenvalue weighted by Gasteiger charge is -2.07. The first-order valence-corrected chi connectivity index (χ1v) is 6.65. The molecular weight excluding hydrogens is 341 g/mol. The predicted octanol–water partition coefficient (Wildman–Crippen LogP) is 2.61. The third-order valence-corrected chi connectivity index (χ3v) is 3.07. The van der Waals surface area contributed by atoms with E-state index in [1.54, 1.807) is 0 Å². The van der Waals surface area contributed by atoms with Crippen molar-refractivity contribution < 1.29 is 14.3 Å². The second kappa shape index (κ2) is 6.01. The van der Waals surface area contributed by atoms with E-state index in [9.17, 15) is 9.59 Å². The van der Waals surface area contributed by atoms with Crippen LogP contribution in [0.1, 0.15) is 20.8 Å². The van der Waals surface area contributed by atoms with E-state index in [0.29, 0.717) is 5.69 Å². The molecule has 21 heavy (non-hydrogen) atoms. The average molecular weight is 349 g/mol. The van der Waals surface area contributed by atoms with Gasteiger partial charge in [0.05, 0.1) is 25.2 Å². The number of esters is 1. The number of hydrogen-bond acceptors (Lipinski definition) is 5. The summed E-state index contributed by atoms with van der Waals surface area (Å²) in [6.07, 6.45) is 5.61. The number of halogens is 3. The number of ketones is 1. The van der Waals surface area contributed by atoms with E-state index in [2.05, 4.69) is 14.7 Å². The summed E-state index contributed by atoms with van der Waals surface area (Å²) < 4.78 is 3.93. The molecule has 0 fully saturated rings. The first-order chi connectivity index (χ1) is 9.84. The van der Waals surface area contributed by atoms with Crippen LogP contribution >= 0.6 is 34.8 Å². The maximum atomic E-state index is 12.0. The number of nitrogens with zero attached hydrogens (tertiary/aromatic N) is 3. The zero-order valence-electron chi connectivity index (χ0n) is 10.6. The van der Waals surface area contributed by atoms with Crippen LogP contribution in [0.4, 0.5) is 0 Å². The molecule has 0 N–H and O–H groups in total. The number of Topliss-reactive ketones (excluding diaryl/α,β-unsaturated/α-hetero) is 1. The number of alkyl halides is 3. The van der Waals surface area contributed by atoms with E-state index in [-0.39, 0.29) is 11.3 Å². The minimum absolute atomic E-state index is 0.0549. The lowest BCUT2D eigenvalue weighted by molar-refractivity contribution is 0.0591. The lowest BCUT2D eigenvalue weighted by Crippen LogP contribution is -2.18. The Balaban J connectivity index is 2.56. The number of ether oxygens (including phenoxy) is 1. The Labute approximate surface area is 134 Å². The second-order valence-electron chi connectivity index (χ2n) is 3.90. The molecule has 110 valence electrons. The molecule has 2 rings (SSSR count). The molecule has 0 radical (unpaired) electrons. The van der Waals surface area contributed by atoms with Gasteiger partial charge in [-0.2, -0.15) is 0 Å². The van der Waals surface area contributed by atoms with Crippen molar-refractivity contribution in [1.29, 1.82) is 0 Å². The maximum absolute atomic E-state index is 12.0. The normalized spacial score (nSPS) is 11.2. The Morgan fingerprint density at radius 1 is 1.24 bits per heavy atom. The van der Waals surface area contributed by atoms with Crippen molar-refractivity contribution in [2.75, 3.05) is 7.11 Å². The van der Waals surface area contributed by atoms with Crippen LogP contribution in [-0.4, -0.2) is 37.2 Å². The number of hydrogen-bond donors (Lipinski definition) is 0. The number of rotatable bonds is 3. The van der Waals surface area contributed by atoms with Gasteiger partial charge >= 0.3 is 5.97 Å². The number of aromatic nitrogens is 3. The van der Waals surface area contributed by atoms with Gasteiger partial charge in [-0.15, -0.1) is 0 Å². The summed E-state index contributed by atoms with van der Waals surface area (Å²) in [4.78, 5) is 31.5. The van der Waals surface area contributed by atoms with Gasteiger partial charge in [0.1, 0.15) is 12.0 Å². The standard InChI is InChI=1S/C12H8Cl3N3O3/c1-21-11(20)9-2-7(10(19)12(13,14)15)5-18(9)8-3-16-6-17-4-8/h2-6H,1H3. The van der Waals surface area contributed by atoms with Gasteiger partial charge in [-0.3, -0.25) is 4.79 Å². The predicted molar refractivity (Wildman–Crippen MR) is 77.3 cm³/mol. The van der Waals surface area contributed by atoms with Crippen molar-refractivity contribution in [2.45, 2.75) is 3.79 Å². The smallest absolute Gasteiger partial charge is 0.355 e. The number of carbonyl (C=O) groups is 2. The van der Waals surface area contributed by atoms with E-state index in [1.165, 1.54) is 42.7 Å². The molecule has 9 heteroatoms. The van der Waals surface area contributed by atoms with Crippen LogP contribution in [0, 0.1) is 0 Å². The van der Waals surface area contributed by atoms with Crippen LogP contribution < -0.4 is 0 Å². The molecule has 0 saturated carbocycles. The Hall–Kier alpha value is -1.63. The van der Waals surface area contributed by atoms with Crippen LogP contribution in [0.2, 0.25) is 0 Å². The van der Waals surface area contributed by atoms with Gasteiger partial charge in [0.2, 0.25) is 5.78 Å². The lowest BCUT2D eigenvalue weighted by atomic mass is 10.2. The molecule has 0 unspecified atom stereocenters. The molecule has 0 aliphatic heterocycles. The maximum Gasteiger partial charge on any atom is 0.355 e. The highest BCUT2D eigenvalue weighted by Crippen LogP contribution is 2.31. The Morgan fingerprint density at radius 2 is 1.86 bits per heavy atom. The summed E-state index contributed by atoms with van der Waals surface area (Å²) in [5.74, 6) is -1.41. The molecule has 2 heterocycles. The number of carbonyl (C=O) groups excluding carboxylic acids is 2. The van der Waals surface area contributed by atoms with Crippen LogP contribution in [0.3, 0.4) is 0 Å². The molecule has 0 atom stereocenters. The van der Waals surface area contributed by atoms with Gasteiger partial charge in [-0.1, -0.05) is 34.8 Å². The molecule has 2 aromatic rings. The first kappa shape index (κ1) is 15.8. The quantitative estimate of drug-likeness (QED) is 0.484. The molecule has 2 aromatic heterocycles. The van der Waals surface area contributed by atoms with Crippen molar-refractivity contribution >= 4 is 46.6 Å². The van der Waals surface area contributed by atoms with E-state index < -0.39 is 15.5 Å². The van der Waals surface area contributed by atoms with Crippen LogP contribution in [0.25, 0.3) is 5.69 Å². The molecule has 0 aromatic carbocycles. The molecule has 0 bridgehead atoms. The Morgan fingerprint density at radius 3 is 2.38 bits per heavy atom. The van der Waals surface area contributed by atoms with E-state index in [1.807, 2.05) is 0 Å². The van der Waals surface area contributed by atoms with Gasteiger partial charge in [0.25, 0.3) is 3.79 Å². The first-order valence-electron chi connectivity index (χ1n) is 5.52. The minimum atomic E-state index is -2.12. The van der Waals surface area contributed by atoms with Crippen molar-refractivity contribution in [1.82, 2.24) is 14.5 Å². The van der Waals surface area contributed by atoms with Gasteiger partial charge < -0.3 is 9.30 Å². The third-order valence-electron chi connectivity index (χ3n) is 2.56. The highest BCUT2D eigenvalue weighted by atomic mass is 35.6. The Bertz CT molecular complexity index is 680. The zero-order valence-corrected chi connectivity index (χ0v) is 12.9. The molecule has 0 amide bonds. The molecule has 0 saturated heterocycles. The van der Waals surface area contributed by atoms with Crippen LogP contribution in [0.5, 0.6) is 0 Å². The monoisotopic (exact) mass is 347 g/mol. The third kappa shape index (κ3) is 3.34. The fourth-order valence-electron chi connectivity index (χ4n) is 1.64. The summed E-state index contributed by atoms with van der Waals surface area (Å²) >= 11 is 16.7. The molecular formula is C12H8Cl3N3O3. The molecule has 0 aliphatic rings. The van der Waals surface area contributed by atoms with Gasteiger partial charge in [0, 0.05) is 11.8 Å². The molecule has 0 aliphatic carbocycles. The SMILES string of the molecule is COC(=O)c1cc(C(=O)C(Cl)(Cl)Cl)cn1-c1cncnc1. The minimum Gasteiger partial charge on any atom is -0.464 e. The number of methoxy groups -OCH3 is 1. The molecule has 0 spiro atoms. The van der Waals surface area contributed by atoms with Gasteiger partial charge in [-0.05, 0) is 6.07 Å². The van der Waals surface area contributed by atoms with Crippen molar-refractivity contribution in [3.05, 3.63) is 42.2 Å². The van der Waals surface area contributed by atoms with Crippen molar-refractivity contribution in [2.24, 2.45) is 0 Å². The largest absolute Gasteiger partial charge is 0.464 e. The highest BCUT2D eigenvalue weighted by Gasteiger charge is 2.33. The summed E-state index contributed by atoms with van der Waals surface area (Å²) in [5.41, 5.74) is 0.602. The van der Waals surface area contributed by atoms with Crippen LogP contribution in [-0.2, 0) is 4.74 Å². The zero-order chi connectivity index (χ0) is 15.6. The fraction of sp³-hybridized carbons (Fsp3) is 0.167.